The summed E-state index contributed by atoms with van der Waals surface area (Å²) in [4.78, 5) is 12.4. The second kappa shape index (κ2) is 7.37. The Morgan fingerprint density at radius 2 is 1.27 bits per heavy atom. The average molecular weight is 296 g/mol. The molecule has 0 bridgehead atoms. The van der Waals surface area contributed by atoms with Crippen molar-refractivity contribution in [3.63, 3.8) is 0 Å². The lowest BCUT2D eigenvalue weighted by atomic mass is 10.0. The standard InChI is InChI=1S/C20H26NO/c1-4-21(5-2,6-3)16-17-12-14-19(15-13-17)20(22)18-10-8-7-9-11-18/h7-15H,4-6,16H2,1-3H3/q+1. The van der Waals surface area contributed by atoms with E-state index in [0.717, 1.165) is 41.8 Å². The van der Waals surface area contributed by atoms with Crippen LogP contribution < -0.4 is 0 Å². The van der Waals surface area contributed by atoms with Crippen LogP contribution in [0.2, 0.25) is 0 Å². The van der Waals surface area contributed by atoms with E-state index in [4.69, 9.17) is 0 Å². The molecule has 2 aromatic carbocycles. The summed E-state index contributed by atoms with van der Waals surface area (Å²) < 4.78 is 1.09. The molecular weight excluding hydrogens is 270 g/mol. The molecule has 2 nitrogen and oxygen atoms in total. The highest BCUT2D eigenvalue weighted by Gasteiger charge is 2.21. The molecule has 2 heteroatoms. The molecule has 0 heterocycles. The van der Waals surface area contributed by atoms with Gasteiger partial charge in [0.1, 0.15) is 6.54 Å². The summed E-state index contributed by atoms with van der Waals surface area (Å²) in [6, 6.07) is 17.6. The highest BCUT2D eigenvalue weighted by atomic mass is 16.1. The first kappa shape index (κ1) is 16.4. The molecule has 0 unspecified atom stereocenters. The van der Waals surface area contributed by atoms with Gasteiger partial charge < -0.3 is 4.48 Å². The van der Waals surface area contributed by atoms with Gasteiger partial charge in [-0.05, 0) is 20.8 Å². The number of hydrogen-bond donors (Lipinski definition) is 0. The van der Waals surface area contributed by atoms with E-state index in [9.17, 15) is 4.79 Å². The van der Waals surface area contributed by atoms with E-state index in [1.807, 2.05) is 42.5 Å². The molecule has 0 saturated heterocycles. The Balaban J connectivity index is 2.15. The van der Waals surface area contributed by atoms with Crippen molar-refractivity contribution in [2.45, 2.75) is 27.3 Å². The first-order valence-corrected chi connectivity index (χ1v) is 8.18. The van der Waals surface area contributed by atoms with Crippen LogP contribution in [0.3, 0.4) is 0 Å². The second-order valence-corrected chi connectivity index (χ2v) is 5.84. The van der Waals surface area contributed by atoms with Crippen molar-refractivity contribution in [1.29, 1.82) is 0 Å². The highest BCUT2D eigenvalue weighted by molar-refractivity contribution is 6.08. The topological polar surface area (TPSA) is 17.1 Å². The van der Waals surface area contributed by atoms with Crippen LogP contribution in [0.15, 0.2) is 54.6 Å². The van der Waals surface area contributed by atoms with Crippen LogP contribution in [0.5, 0.6) is 0 Å². The zero-order chi connectivity index (χ0) is 16.0. The van der Waals surface area contributed by atoms with Crippen LogP contribution >= 0.6 is 0 Å². The lowest BCUT2D eigenvalue weighted by Gasteiger charge is -2.35. The van der Waals surface area contributed by atoms with Crippen LogP contribution in [0.4, 0.5) is 0 Å². The van der Waals surface area contributed by atoms with Gasteiger partial charge in [0.15, 0.2) is 5.78 Å². The van der Waals surface area contributed by atoms with E-state index < -0.39 is 0 Å². The third-order valence-corrected chi connectivity index (χ3v) is 4.78. The van der Waals surface area contributed by atoms with Crippen molar-refractivity contribution in [2.24, 2.45) is 0 Å². The average Bonchev–Trinajstić information content (AvgIpc) is 2.60. The van der Waals surface area contributed by atoms with Crippen molar-refractivity contribution >= 4 is 5.78 Å². The van der Waals surface area contributed by atoms with Crippen LogP contribution in [0.25, 0.3) is 0 Å². The number of nitrogens with zero attached hydrogens (tertiary/aromatic N) is 1. The molecular formula is C20H26NO+. The van der Waals surface area contributed by atoms with E-state index in [1.165, 1.54) is 5.56 Å². The number of hydrogen-bond acceptors (Lipinski definition) is 1. The van der Waals surface area contributed by atoms with Crippen LogP contribution in [0, 0.1) is 0 Å². The number of quaternary nitrogens is 1. The summed E-state index contributed by atoms with van der Waals surface area (Å²) in [6.45, 7) is 11.2. The van der Waals surface area contributed by atoms with Gasteiger partial charge in [0.25, 0.3) is 0 Å². The molecule has 0 aliphatic rings. The zero-order valence-electron chi connectivity index (χ0n) is 13.9. The summed E-state index contributed by atoms with van der Waals surface area (Å²) in [5.74, 6) is 0.0920. The van der Waals surface area contributed by atoms with Gasteiger partial charge in [-0.3, -0.25) is 4.79 Å². The Labute approximate surface area is 134 Å². The molecule has 0 amide bonds. The number of benzene rings is 2. The van der Waals surface area contributed by atoms with Crippen LogP contribution in [0.1, 0.15) is 42.3 Å². The lowest BCUT2D eigenvalue weighted by molar-refractivity contribution is -0.936. The molecule has 0 aromatic heterocycles. The fourth-order valence-corrected chi connectivity index (χ4v) is 2.91. The number of carbonyl (C=O) groups is 1. The van der Waals surface area contributed by atoms with Crippen molar-refractivity contribution in [3.8, 4) is 0 Å². The van der Waals surface area contributed by atoms with Gasteiger partial charge in [-0.1, -0.05) is 54.6 Å². The lowest BCUT2D eigenvalue weighted by Crippen LogP contribution is -2.46. The Bertz CT molecular complexity index is 589. The number of carbonyl (C=O) groups excluding carboxylic acids is 1. The molecule has 0 saturated carbocycles. The van der Waals surface area contributed by atoms with E-state index >= 15 is 0 Å². The van der Waals surface area contributed by atoms with Crippen molar-refractivity contribution in [3.05, 3.63) is 71.3 Å². The summed E-state index contributed by atoms with van der Waals surface area (Å²) in [6.07, 6.45) is 0. The Morgan fingerprint density at radius 3 is 1.77 bits per heavy atom. The van der Waals surface area contributed by atoms with Crippen molar-refractivity contribution in [2.75, 3.05) is 19.6 Å². The minimum atomic E-state index is 0.0920. The third kappa shape index (κ3) is 3.63. The SMILES string of the molecule is CC[N+](CC)(CC)Cc1ccc(C(=O)c2ccccc2)cc1. The van der Waals surface area contributed by atoms with E-state index in [2.05, 4.69) is 32.9 Å². The van der Waals surface area contributed by atoms with Crippen molar-refractivity contribution < 1.29 is 9.28 Å². The van der Waals surface area contributed by atoms with Gasteiger partial charge in [-0.15, -0.1) is 0 Å². The van der Waals surface area contributed by atoms with Gasteiger partial charge in [-0.2, -0.15) is 0 Å². The largest absolute Gasteiger partial charge is 0.321 e. The van der Waals surface area contributed by atoms with E-state index in [0.29, 0.717) is 0 Å². The Kier molecular flexibility index (Phi) is 5.51. The summed E-state index contributed by atoms with van der Waals surface area (Å²) in [5.41, 5.74) is 2.81. The molecule has 0 N–H and O–H groups in total. The molecule has 0 radical (unpaired) electrons. The van der Waals surface area contributed by atoms with Crippen LogP contribution in [-0.4, -0.2) is 29.9 Å². The fraction of sp³-hybridized carbons (Fsp3) is 0.350. The molecule has 0 atom stereocenters. The molecule has 22 heavy (non-hydrogen) atoms. The molecule has 0 aliphatic carbocycles. The minimum Gasteiger partial charge on any atom is -0.321 e. The maximum Gasteiger partial charge on any atom is 0.193 e. The van der Waals surface area contributed by atoms with Gasteiger partial charge in [0, 0.05) is 16.7 Å². The second-order valence-electron chi connectivity index (χ2n) is 5.84. The minimum absolute atomic E-state index is 0.0920. The highest BCUT2D eigenvalue weighted by Crippen LogP contribution is 2.16. The molecule has 0 fully saturated rings. The predicted molar refractivity (Wildman–Crippen MR) is 91.9 cm³/mol. The monoisotopic (exact) mass is 296 g/mol. The molecule has 116 valence electrons. The van der Waals surface area contributed by atoms with Crippen LogP contribution in [-0.2, 0) is 6.54 Å². The number of ketones is 1. The Morgan fingerprint density at radius 1 is 0.773 bits per heavy atom. The normalized spacial score (nSPS) is 11.4. The first-order chi connectivity index (χ1) is 10.6. The van der Waals surface area contributed by atoms with E-state index in [-0.39, 0.29) is 5.78 Å². The molecule has 2 rings (SSSR count). The van der Waals surface area contributed by atoms with Crippen molar-refractivity contribution in [1.82, 2.24) is 0 Å². The quantitative estimate of drug-likeness (QED) is 0.550. The molecule has 0 spiro atoms. The maximum atomic E-state index is 12.4. The predicted octanol–water partition coefficient (Wildman–Crippen LogP) is 4.29. The zero-order valence-corrected chi connectivity index (χ0v) is 13.9. The third-order valence-electron chi connectivity index (χ3n) is 4.78. The number of rotatable bonds is 7. The molecule has 2 aromatic rings. The van der Waals surface area contributed by atoms with Gasteiger partial charge >= 0.3 is 0 Å². The summed E-state index contributed by atoms with van der Waals surface area (Å²) in [5, 5.41) is 0. The van der Waals surface area contributed by atoms with Gasteiger partial charge in [0.2, 0.25) is 0 Å². The Hall–Kier alpha value is -1.93. The summed E-state index contributed by atoms with van der Waals surface area (Å²) in [7, 11) is 0. The van der Waals surface area contributed by atoms with E-state index in [1.54, 1.807) is 0 Å². The van der Waals surface area contributed by atoms with Gasteiger partial charge in [-0.25, -0.2) is 0 Å². The fourth-order valence-electron chi connectivity index (χ4n) is 2.91. The maximum absolute atomic E-state index is 12.4. The van der Waals surface area contributed by atoms with Gasteiger partial charge in [0.05, 0.1) is 19.6 Å². The summed E-state index contributed by atoms with van der Waals surface area (Å²) >= 11 is 0. The molecule has 0 aliphatic heterocycles. The smallest absolute Gasteiger partial charge is 0.193 e. The first-order valence-electron chi connectivity index (χ1n) is 8.18.